The van der Waals surface area contributed by atoms with E-state index >= 15 is 0 Å². The minimum atomic E-state index is -0.311. The smallest absolute Gasteiger partial charge is 0.258 e. The number of hydrogen-bond acceptors (Lipinski definition) is 4. The molecule has 0 radical (unpaired) electrons. The predicted molar refractivity (Wildman–Crippen MR) is 80.5 cm³/mol. The van der Waals surface area contributed by atoms with Crippen molar-refractivity contribution in [1.29, 1.82) is 0 Å². The van der Waals surface area contributed by atoms with Crippen LogP contribution in [0.15, 0.2) is 24.3 Å². The van der Waals surface area contributed by atoms with Crippen molar-refractivity contribution in [1.82, 2.24) is 10.2 Å². The molecule has 0 aliphatic rings. The van der Waals surface area contributed by atoms with E-state index in [1.165, 1.54) is 0 Å². The van der Waals surface area contributed by atoms with Crippen LogP contribution < -0.4 is 16.8 Å². The predicted octanol–water partition coefficient (Wildman–Crippen LogP) is 2.12. The van der Waals surface area contributed by atoms with E-state index in [9.17, 15) is 4.79 Å². The summed E-state index contributed by atoms with van der Waals surface area (Å²) in [6.07, 6.45) is 0. The fourth-order valence-corrected chi connectivity index (χ4v) is 1.74. The van der Waals surface area contributed by atoms with Crippen LogP contribution in [-0.4, -0.2) is 16.1 Å². The summed E-state index contributed by atoms with van der Waals surface area (Å²) >= 11 is 0. The van der Waals surface area contributed by atoms with E-state index in [-0.39, 0.29) is 11.3 Å². The van der Waals surface area contributed by atoms with E-state index in [0.717, 1.165) is 5.69 Å². The number of aromatic nitrogens is 2. The average molecular weight is 273 g/mol. The quantitative estimate of drug-likeness (QED) is 0.628. The van der Waals surface area contributed by atoms with Crippen LogP contribution in [0.25, 0.3) is 0 Å². The van der Waals surface area contributed by atoms with E-state index in [1.54, 1.807) is 18.2 Å². The fraction of sp³-hybridized carbons (Fsp3) is 0.286. The number of benzene rings is 1. The number of nitrogens with one attached hydrogen (secondary N) is 2. The summed E-state index contributed by atoms with van der Waals surface area (Å²) in [7, 11) is 0. The van der Waals surface area contributed by atoms with Crippen LogP contribution >= 0.6 is 0 Å². The van der Waals surface area contributed by atoms with Gasteiger partial charge in [0.25, 0.3) is 5.91 Å². The molecule has 20 heavy (non-hydrogen) atoms. The second-order valence-electron chi connectivity index (χ2n) is 5.72. The Balaban J connectivity index is 2.17. The first-order valence-corrected chi connectivity index (χ1v) is 6.29. The Morgan fingerprint density at radius 3 is 2.50 bits per heavy atom. The Bertz CT molecular complexity index is 639. The molecule has 106 valence electrons. The highest BCUT2D eigenvalue weighted by Gasteiger charge is 2.18. The number of anilines is 3. The van der Waals surface area contributed by atoms with Gasteiger partial charge in [-0.3, -0.25) is 9.89 Å². The molecule has 2 rings (SSSR count). The van der Waals surface area contributed by atoms with Crippen LogP contribution in [0.4, 0.5) is 17.2 Å². The van der Waals surface area contributed by atoms with E-state index in [0.29, 0.717) is 22.8 Å². The van der Waals surface area contributed by atoms with Crippen molar-refractivity contribution in [2.45, 2.75) is 26.2 Å². The first-order chi connectivity index (χ1) is 9.27. The summed E-state index contributed by atoms with van der Waals surface area (Å²) in [5.41, 5.74) is 13.5. The number of carbonyl (C=O) groups excluding carboxylic acids is 1. The van der Waals surface area contributed by atoms with E-state index in [4.69, 9.17) is 11.5 Å². The molecule has 0 spiro atoms. The van der Waals surface area contributed by atoms with Crippen LogP contribution in [-0.2, 0) is 5.41 Å². The number of nitrogen functional groups attached to an aromatic ring is 2. The van der Waals surface area contributed by atoms with Crippen LogP contribution in [0.2, 0.25) is 0 Å². The monoisotopic (exact) mass is 273 g/mol. The number of carbonyl (C=O) groups is 1. The van der Waals surface area contributed by atoms with Crippen molar-refractivity contribution in [2.75, 3.05) is 16.8 Å². The van der Waals surface area contributed by atoms with Gasteiger partial charge in [-0.1, -0.05) is 20.8 Å². The van der Waals surface area contributed by atoms with E-state index < -0.39 is 0 Å². The van der Waals surface area contributed by atoms with Crippen molar-refractivity contribution in [2.24, 2.45) is 0 Å². The lowest BCUT2D eigenvalue weighted by Crippen LogP contribution is -2.14. The SMILES string of the molecule is CC(C)(C)c1cc(NC(=O)c2ccc(N)cc2N)n[nH]1. The van der Waals surface area contributed by atoms with Crippen molar-refractivity contribution in [3.63, 3.8) is 0 Å². The van der Waals surface area contributed by atoms with Crippen LogP contribution in [0.3, 0.4) is 0 Å². The number of H-pyrrole nitrogens is 1. The summed E-state index contributed by atoms with van der Waals surface area (Å²) in [4.78, 5) is 12.1. The number of aromatic amines is 1. The maximum atomic E-state index is 12.1. The summed E-state index contributed by atoms with van der Waals surface area (Å²) < 4.78 is 0. The maximum Gasteiger partial charge on any atom is 0.258 e. The minimum absolute atomic E-state index is 0.0593. The Hall–Kier alpha value is -2.50. The average Bonchev–Trinajstić information content (AvgIpc) is 2.76. The highest BCUT2D eigenvalue weighted by atomic mass is 16.1. The molecule has 0 bridgehead atoms. The van der Waals surface area contributed by atoms with Gasteiger partial charge in [-0.05, 0) is 18.2 Å². The lowest BCUT2D eigenvalue weighted by Gasteiger charge is -2.14. The molecule has 0 aliphatic heterocycles. The van der Waals surface area contributed by atoms with Crippen LogP contribution in [0.1, 0.15) is 36.8 Å². The zero-order chi connectivity index (χ0) is 14.9. The zero-order valence-corrected chi connectivity index (χ0v) is 11.8. The summed E-state index contributed by atoms with van der Waals surface area (Å²) in [6.45, 7) is 6.18. The highest BCUT2D eigenvalue weighted by molar-refractivity contribution is 6.07. The molecule has 6 N–H and O–H groups in total. The zero-order valence-electron chi connectivity index (χ0n) is 11.8. The van der Waals surface area contributed by atoms with Gasteiger partial charge in [0.05, 0.1) is 5.56 Å². The normalized spacial score (nSPS) is 11.3. The lowest BCUT2D eigenvalue weighted by atomic mass is 9.92. The molecule has 1 aromatic carbocycles. The second-order valence-corrected chi connectivity index (χ2v) is 5.72. The fourth-order valence-electron chi connectivity index (χ4n) is 1.74. The van der Waals surface area contributed by atoms with Gasteiger partial charge >= 0.3 is 0 Å². The molecule has 6 heteroatoms. The van der Waals surface area contributed by atoms with Crippen molar-refractivity contribution in [3.8, 4) is 0 Å². The number of nitrogens with zero attached hydrogens (tertiary/aromatic N) is 1. The molecule has 6 nitrogen and oxygen atoms in total. The molecule has 1 heterocycles. The summed E-state index contributed by atoms with van der Waals surface area (Å²) in [6, 6.07) is 6.60. The Morgan fingerprint density at radius 2 is 1.95 bits per heavy atom. The summed E-state index contributed by atoms with van der Waals surface area (Å²) in [5.74, 6) is 0.158. The van der Waals surface area contributed by atoms with Gasteiger partial charge in [0.1, 0.15) is 0 Å². The summed E-state index contributed by atoms with van der Waals surface area (Å²) in [5, 5.41) is 9.69. The standard InChI is InChI=1S/C14H19N5O/c1-14(2,3)11-7-12(19-18-11)17-13(20)9-5-4-8(15)6-10(9)16/h4-7H,15-16H2,1-3H3,(H2,17,18,19,20). The van der Waals surface area contributed by atoms with Crippen molar-refractivity contribution < 1.29 is 4.79 Å². The van der Waals surface area contributed by atoms with E-state index in [2.05, 4.69) is 36.3 Å². The molecule has 0 atom stereocenters. The number of hydrogen-bond donors (Lipinski definition) is 4. The molecule has 1 aromatic heterocycles. The molecule has 2 aromatic rings. The van der Waals surface area contributed by atoms with Gasteiger partial charge in [0, 0.05) is 28.6 Å². The Labute approximate surface area is 117 Å². The topological polar surface area (TPSA) is 110 Å². The molecule has 0 fully saturated rings. The van der Waals surface area contributed by atoms with Gasteiger partial charge < -0.3 is 16.8 Å². The van der Waals surface area contributed by atoms with Gasteiger partial charge in [0.15, 0.2) is 5.82 Å². The molecule has 0 unspecified atom stereocenters. The van der Waals surface area contributed by atoms with Crippen LogP contribution in [0, 0.1) is 0 Å². The molecular weight excluding hydrogens is 254 g/mol. The number of nitrogens with two attached hydrogens (primary N) is 2. The van der Waals surface area contributed by atoms with Gasteiger partial charge in [-0.25, -0.2) is 0 Å². The number of rotatable bonds is 2. The van der Waals surface area contributed by atoms with Crippen molar-refractivity contribution >= 4 is 23.1 Å². The van der Waals surface area contributed by atoms with Gasteiger partial charge in [0.2, 0.25) is 0 Å². The molecule has 0 saturated heterocycles. The molecule has 0 aliphatic carbocycles. The third-order valence-electron chi connectivity index (χ3n) is 2.95. The van der Waals surface area contributed by atoms with Gasteiger partial charge in [-0.2, -0.15) is 5.10 Å². The maximum absolute atomic E-state index is 12.1. The third kappa shape index (κ3) is 2.90. The third-order valence-corrected chi connectivity index (χ3v) is 2.95. The number of amides is 1. The molecule has 1 amide bonds. The highest BCUT2D eigenvalue weighted by Crippen LogP contribution is 2.23. The molecular formula is C14H19N5O. The minimum Gasteiger partial charge on any atom is -0.399 e. The van der Waals surface area contributed by atoms with Crippen LogP contribution in [0.5, 0.6) is 0 Å². The largest absolute Gasteiger partial charge is 0.399 e. The lowest BCUT2D eigenvalue weighted by molar-refractivity contribution is 0.102. The Morgan fingerprint density at radius 1 is 1.25 bits per heavy atom. The second kappa shape index (κ2) is 4.88. The Kier molecular flexibility index (Phi) is 3.40. The first kappa shape index (κ1) is 13.9. The van der Waals surface area contributed by atoms with Crippen molar-refractivity contribution in [3.05, 3.63) is 35.5 Å². The van der Waals surface area contributed by atoms with Gasteiger partial charge in [-0.15, -0.1) is 0 Å². The molecule has 0 saturated carbocycles. The first-order valence-electron chi connectivity index (χ1n) is 6.29. The van der Waals surface area contributed by atoms with E-state index in [1.807, 2.05) is 6.07 Å².